The smallest absolute Gasteiger partial charge is 0.407 e. The molecule has 0 rings (SSSR count). The van der Waals surface area contributed by atoms with E-state index in [0.29, 0.717) is 0 Å². The normalized spacial score (nSPS) is 15.2. The van der Waals surface area contributed by atoms with Crippen LogP contribution < -0.4 is 5.32 Å². The number of carbonyl (C=O) groups is 2. The van der Waals surface area contributed by atoms with Gasteiger partial charge in [0.2, 0.25) is 0 Å². The Morgan fingerprint density at radius 2 is 1.65 bits per heavy atom. The highest BCUT2D eigenvalue weighted by molar-refractivity contribution is 5.73. The van der Waals surface area contributed by atoms with Crippen LogP contribution in [0.2, 0.25) is 0 Å². The SMILES string of the molecule is CC(C)[C@@H](C(=O)O)[C@H](C)NC(=O)OC(C)(C)C. The van der Waals surface area contributed by atoms with Crippen LogP contribution in [0.15, 0.2) is 0 Å². The molecule has 0 saturated heterocycles. The van der Waals surface area contributed by atoms with E-state index in [4.69, 9.17) is 9.84 Å². The number of hydrogen-bond acceptors (Lipinski definition) is 3. The number of alkyl carbamates (subject to hydrolysis) is 1. The van der Waals surface area contributed by atoms with E-state index in [-0.39, 0.29) is 5.92 Å². The summed E-state index contributed by atoms with van der Waals surface area (Å²) in [4.78, 5) is 22.5. The summed E-state index contributed by atoms with van der Waals surface area (Å²) in [6, 6.07) is -0.470. The fraction of sp³-hybridized carbons (Fsp3) is 0.833. The molecule has 0 bridgehead atoms. The van der Waals surface area contributed by atoms with Gasteiger partial charge in [-0.2, -0.15) is 0 Å². The second-order valence-corrected chi connectivity index (χ2v) is 5.54. The third-order valence-electron chi connectivity index (χ3n) is 2.29. The molecule has 5 heteroatoms. The van der Waals surface area contributed by atoms with Gasteiger partial charge in [0.1, 0.15) is 5.60 Å². The van der Waals surface area contributed by atoms with Crippen molar-refractivity contribution in [3.8, 4) is 0 Å². The topological polar surface area (TPSA) is 75.6 Å². The van der Waals surface area contributed by atoms with Gasteiger partial charge >= 0.3 is 12.1 Å². The summed E-state index contributed by atoms with van der Waals surface area (Å²) in [7, 11) is 0. The zero-order valence-electron chi connectivity index (χ0n) is 11.4. The quantitative estimate of drug-likeness (QED) is 0.796. The lowest BCUT2D eigenvalue weighted by molar-refractivity contribution is -0.144. The fourth-order valence-corrected chi connectivity index (χ4v) is 1.66. The first kappa shape index (κ1) is 15.7. The van der Waals surface area contributed by atoms with E-state index >= 15 is 0 Å². The first-order chi connectivity index (χ1) is 7.54. The van der Waals surface area contributed by atoms with Crippen LogP contribution >= 0.6 is 0 Å². The van der Waals surface area contributed by atoms with Crippen molar-refractivity contribution in [3.63, 3.8) is 0 Å². The second kappa shape index (κ2) is 5.89. The van der Waals surface area contributed by atoms with Crippen LogP contribution in [0.3, 0.4) is 0 Å². The van der Waals surface area contributed by atoms with Crippen molar-refractivity contribution in [1.82, 2.24) is 5.32 Å². The fourth-order valence-electron chi connectivity index (χ4n) is 1.66. The average Bonchev–Trinajstić information content (AvgIpc) is 1.96. The van der Waals surface area contributed by atoms with Crippen LogP contribution in [-0.4, -0.2) is 28.8 Å². The third kappa shape index (κ3) is 6.14. The van der Waals surface area contributed by atoms with Crippen LogP contribution in [0.25, 0.3) is 0 Å². The third-order valence-corrected chi connectivity index (χ3v) is 2.29. The molecule has 2 atom stereocenters. The van der Waals surface area contributed by atoms with Gasteiger partial charge < -0.3 is 15.2 Å². The van der Waals surface area contributed by atoms with Crippen LogP contribution in [0.5, 0.6) is 0 Å². The Labute approximate surface area is 103 Å². The van der Waals surface area contributed by atoms with E-state index in [1.807, 2.05) is 13.8 Å². The predicted octanol–water partition coefficient (Wildman–Crippen LogP) is 2.26. The van der Waals surface area contributed by atoms with Crippen molar-refractivity contribution >= 4 is 12.1 Å². The van der Waals surface area contributed by atoms with Gasteiger partial charge in [0.05, 0.1) is 5.92 Å². The Morgan fingerprint density at radius 3 is 1.94 bits per heavy atom. The molecular weight excluding hydrogens is 222 g/mol. The minimum atomic E-state index is -0.913. The van der Waals surface area contributed by atoms with Crippen LogP contribution in [0, 0.1) is 11.8 Å². The summed E-state index contributed by atoms with van der Waals surface area (Å²) >= 11 is 0. The molecule has 0 heterocycles. The lowest BCUT2D eigenvalue weighted by Crippen LogP contribution is -2.45. The maximum atomic E-state index is 11.5. The highest BCUT2D eigenvalue weighted by Crippen LogP contribution is 2.16. The van der Waals surface area contributed by atoms with Crippen molar-refractivity contribution in [2.24, 2.45) is 11.8 Å². The summed E-state index contributed by atoms with van der Waals surface area (Å²) in [6.07, 6.45) is -0.586. The van der Waals surface area contributed by atoms with E-state index in [1.54, 1.807) is 27.7 Å². The number of rotatable bonds is 4. The standard InChI is InChI=1S/C12H23NO4/c1-7(2)9(10(14)15)8(3)13-11(16)17-12(4,5)6/h7-9H,1-6H3,(H,13,16)(H,14,15)/t8-,9+/m0/s1. The van der Waals surface area contributed by atoms with E-state index in [9.17, 15) is 9.59 Å². The number of nitrogens with one attached hydrogen (secondary N) is 1. The Morgan fingerprint density at radius 1 is 1.18 bits per heavy atom. The maximum absolute atomic E-state index is 11.5. The van der Waals surface area contributed by atoms with Gasteiger partial charge in [-0.15, -0.1) is 0 Å². The van der Waals surface area contributed by atoms with E-state index in [2.05, 4.69) is 5.32 Å². The first-order valence-electron chi connectivity index (χ1n) is 5.77. The maximum Gasteiger partial charge on any atom is 0.407 e. The largest absolute Gasteiger partial charge is 0.481 e. The molecule has 0 radical (unpaired) electrons. The molecule has 1 amide bonds. The molecule has 0 saturated carbocycles. The van der Waals surface area contributed by atoms with E-state index in [1.165, 1.54) is 0 Å². The molecule has 0 aliphatic heterocycles. The summed E-state index contributed by atoms with van der Waals surface area (Å²) < 4.78 is 5.08. The highest BCUT2D eigenvalue weighted by atomic mass is 16.6. The van der Waals surface area contributed by atoms with Crippen LogP contribution in [-0.2, 0) is 9.53 Å². The van der Waals surface area contributed by atoms with Crippen LogP contribution in [0.1, 0.15) is 41.5 Å². The Hall–Kier alpha value is -1.26. The minimum absolute atomic E-state index is 0.0579. The summed E-state index contributed by atoms with van der Waals surface area (Å²) in [5, 5.41) is 11.6. The molecule has 0 fully saturated rings. The van der Waals surface area contributed by atoms with Crippen LogP contribution in [0.4, 0.5) is 4.79 Å². The molecular formula is C12H23NO4. The summed E-state index contributed by atoms with van der Waals surface area (Å²) in [5.74, 6) is -1.59. The number of hydrogen-bond donors (Lipinski definition) is 2. The van der Waals surface area contributed by atoms with E-state index < -0.39 is 29.6 Å². The lowest BCUT2D eigenvalue weighted by Gasteiger charge is -2.26. The molecule has 100 valence electrons. The molecule has 0 unspecified atom stereocenters. The molecule has 0 aromatic rings. The zero-order valence-corrected chi connectivity index (χ0v) is 11.4. The van der Waals surface area contributed by atoms with Gasteiger partial charge in [0.15, 0.2) is 0 Å². The van der Waals surface area contributed by atoms with Gasteiger partial charge in [-0.3, -0.25) is 4.79 Å². The lowest BCUT2D eigenvalue weighted by atomic mass is 9.89. The number of ether oxygens (including phenoxy) is 1. The zero-order chi connectivity index (χ0) is 13.8. The van der Waals surface area contributed by atoms with Gasteiger partial charge in [0.25, 0.3) is 0 Å². The number of aliphatic carboxylic acids is 1. The molecule has 0 spiro atoms. The molecule has 0 aliphatic carbocycles. The molecule has 0 aromatic heterocycles. The van der Waals surface area contributed by atoms with Gasteiger partial charge in [-0.1, -0.05) is 13.8 Å². The number of amides is 1. The monoisotopic (exact) mass is 245 g/mol. The molecule has 0 aromatic carbocycles. The van der Waals surface area contributed by atoms with Crippen molar-refractivity contribution < 1.29 is 19.4 Å². The second-order valence-electron chi connectivity index (χ2n) is 5.54. The highest BCUT2D eigenvalue weighted by Gasteiger charge is 2.30. The number of carbonyl (C=O) groups excluding carboxylic acids is 1. The van der Waals surface area contributed by atoms with Crippen molar-refractivity contribution in [2.45, 2.75) is 53.2 Å². The van der Waals surface area contributed by atoms with Crippen molar-refractivity contribution in [1.29, 1.82) is 0 Å². The number of carboxylic acid groups (broad SMARTS) is 1. The Bertz CT molecular complexity index is 281. The molecule has 2 N–H and O–H groups in total. The molecule has 5 nitrogen and oxygen atoms in total. The molecule has 0 aliphatic rings. The number of carboxylic acids is 1. The van der Waals surface area contributed by atoms with E-state index in [0.717, 1.165) is 0 Å². The summed E-state index contributed by atoms with van der Waals surface area (Å²) in [5.41, 5.74) is -0.583. The average molecular weight is 245 g/mol. The Balaban J connectivity index is 4.46. The first-order valence-corrected chi connectivity index (χ1v) is 5.77. The molecule has 17 heavy (non-hydrogen) atoms. The predicted molar refractivity (Wildman–Crippen MR) is 64.8 cm³/mol. The van der Waals surface area contributed by atoms with Gasteiger partial charge in [-0.25, -0.2) is 4.79 Å². The minimum Gasteiger partial charge on any atom is -0.481 e. The van der Waals surface area contributed by atoms with Gasteiger partial charge in [-0.05, 0) is 33.6 Å². The Kier molecular flexibility index (Phi) is 5.45. The van der Waals surface area contributed by atoms with Gasteiger partial charge in [0, 0.05) is 6.04 Å². The van der Waals surface area contributed by atoms with Crippen molar-refractivity contribution in [3.05, 3.63) is 0 Å². The van der Waals surface area contributed by atoms with Crippen molar-refractivity contribution in [2.75, 3.05) is 0 Å². The summed E-state index contributed by atoms with van der Waals surface area (Å²) in [6.45, 7) is 10.6.